The van der Waals surface area contributed by atoms with E-state index in [1.807, 2.05) is 12.1 Å². The molecule has 1 aromatic rings. The number of esters is 1. The number of carbonyl (C=O) groups is 1. The SMILES string of the molecule is CCOC(=O)c1ccc(NC(C)C2CCOC2)cc1. The lowest BCUT2D eigenvalue weighted by molar-refractivity contribution is 0.0526. The minimum atomic E-state index is -0.272. The summed E-state index contributed by atoms with van der Waals surface area (Å²) in [6, 6.07) is 7.78. The van der Waals surface area contributed by atoms with Crippen molar-refractivity contribution >= 4 is 11.7 Å². The summed E-state index contributed by atoms with van der Waals surface area (Å²) in [6.45, 7) is 6.06. The van der Waals surface area contributed by atoms with Crippen LogP contribution in [0.25, 0.3) is 0 Å². The van der Waals surface area contributed by atoms with Crippen molar-refractivity contribution in [2.45, 2.75) is 26.3 Å². The lowest BCUT2D eigenvalue weighted by atomic mass is 10.0. The number of anilines is 1. The van der Waals surface area contributed by atoms with Crippen LogP contribution in [0.15, 0.2) is 24.3 Å². The summed E-state index contributed by atoms with van der Waals surface area (Å²) in [6.07, 6.45) is 1.11. The average Bonchev–Trinajstić information content (AvgIpc) is 2.94. The third-order valence-electron chi connectivity index (χ3n) is 3.46. The van der Waals surface area contributed by atoms with E-state index in [1.54, 1.807) is 19.1 Å². The molecule has 2 unspecified atom stereocenters. The number of hydrogen-bond donors (Lipinski definition) is 1. The van der Waals surface area contributed by atoms with Crippen LogP contribution >= 0.6 is 0 Å². The van der Waals surface area contributed by atoms with Gasteiger partial charge < -0.3 is 14.8 Å². The fourth-order valence-electron chi connectivity index (χ4n) is 2.24. The van der Waals surface area contributed by atoms with E-state index in [-0.39, 0.29) is 5.97 Å². The Morgan fingerprint density at radius 3 is 2.79 bits per heavy atom. The molecule has 0 amide bonds. The molecule has 1 aliphatic heterocycles. The van der Waals surface area contributed by atoms with Crippen LogP contribution in [-0.4, -0.2) is 31.8 Å². The van der Waals surface area contributed by atoms with E-state index >= 15 is 0 Å². The summed E-state index contributed by atoms with van der Waals surface area (Å²) < 4.78 is 10.3. The van der Waals surface area contributed by atoms with E-state index in [1.165, 1.54) is 0 Å². The van der Waals surface area contributed by atoms with Gasteiger partial charge in [0, 0.05) is 24.3 Å². The summed E-state index contributed by atoms with van der Waals surface area (Å²) in [5.41, 5.74) is 1.61. The Morgan fingerprint density at radius 2 is 2.21 bits per heavy atom. The summed E-state index contributed by atoms with van der Waals surface area (Å²) in [5, 5.41) is 3.45. The molecule has 0 radical (unpaired) electrons. The normalized spacial score (nSPS) is 20.0. The lowest BCUT2D eigenvalue weighted by Crippen LogP contribution is -2.26. The summed E-state index contributed by atoms with van der Waals surface area (Å²) in [7, 11) is 0. The summed E-state index contributed by atoms with van der Waals surface area (Å²) in [4.78, 5) is 11.5. The molecule has 0 saturated carbocycles. The van der Waals surface area contributed by atoms with E-state index in [2.05, 4.69) is 12.2 Å². The van der Waals surface area contributed by atoms with Crippen molar-refractivity contribution in [2.24, 2.45) is 5.92 Å². The molecule has 1 saturated heterocycles. The van der Waals surface area contributed by atoms with Crippen molar-refractivity contribution in [2.75, 3.05) is 25.1 Å². The number of ether oxygens (including phenoxy) is 2. The summed E-state index contributed by atoms with van der Waals surface area (Å²) in [5.74, 6) is 0.288. The molecule has 1 heterocycles. The zero-order valence-corrected chi connectivity index (χ0v) is 11.5. The fourth-order valence-corrected chi connectivity index (χ4v) is 2.24. The van der Waals surface area contributed by atoms with E-state index in [4.69, 9.17) is 9.47 Å². The lowest BCUT2D eigenvalue weighted by Gasteiger charge is -2.20. The largest absolute Gasteiger partial charge is 0.462 e. The van der Waals surface area contributed by atoms with Gasteiger partial charge in [0.25, 0.3) is 0 Å². The van der Waals surface area contributed by atoms with Crippen molar-refractivity contribution in [3.05, 3.63) is 29.8 Å². The Hall–Kier alpha value is -1.55. The Bertz CT molecular complexity index is 410. The molecular formula is C15H21NO3. The predicted molar refractivity (Wildman–Crippen MR) is 74.4 cm³/mol. The Balaban J connectivity index is 1.92. The molecule has 104 valence electrons. The number of nitrogens with one attached hydrogen (secondary N) is 1. The highest BCUT2D eigenvalue weighted by atomic mass is 16.5. The second-order valence-electron chi connectivity index (χ2n) is 4.85. The van der Waals surface area contributed by atoms with E-state index in [0.717, 1.165) is 25.3 Å². The topological polar surface area (TPSA) is 47.6 Å². The standard InChI is InChI=1S/C15H21NO3/c1-3-19-15(17)12-4-6-14(7-5-12)16-11(2)13-8-9-18-10-13/h4-7,11,13,16H,3,8-10H2,1-2H3. The Labute approximate surface area is 114 Å². The highest BCUT2D eigenvalue weighted by Gasteiger charge is 2.22. The van der Waals surface area contributed by atoms with Crippen LogP contribution in [0.4, 0.5) is 5.69 Å². The molecule has 0 aliphatic carbocycles. The Morgan fingerprint density at radius 1 is 1.47 bits per heavy atom. The number of hydrogen-bond acceptors (Lipinski definition) is 4. The monoisotopic (exact) mass is 263 g/mol. The Kier molecular flexibility index (Phi) is 4.80. The predicted octanol–water partition coefficient (Wildman–Crippen LogP) is 2.70. The van der Waals surface area contributed by atoms with Crippen LogP contribution in [0.2, 0.25) is 0 Å². The molecule has 4 heteroatoms. The van der Waals surface area contributed by atoms with Gasteiger partial charge in [0.2, 0.25) is 0 Å². The summed E-state index contributed by atoms with van der Waals surface area (Å²) >= 11 is 0. The first-order chi connectivity index (χ1) is 9.20. The average molecular weight is 263 g/mol. The quantitative estimate of drug-likeness (QED) is 0.830. The zero-order valence-electron chi connectivity index (χ0n) is 11.5. The highest BCUT2D eigenvalue weighted by molar-refractivity contribution is 5.89. The van der Waals surface area contributed by atoms with Gasteiger partial charge in [-0.1, -0.05) is 0 Å². The van der Waals surface area contributed by atoms with Crippen molar-refractivity contribution in [1.82, 2.24) is 0 Å². The molecule has 1 aliphatic rings. The van der Waals surface area contributed by atoms with Gasteiger partial charge in [0.1, 0.15) is 0 Å². The molecule has 2 rings (SSSR count). The number of rotatable bonds is 5. The van der Waals surface area contributed by atoms with Crippen LogP contribution in [0, 0.1) is 5.92 Å². The van der Waals surface area contributed by atoms with Crippen molar-refractivity contribution in [3.63, 3.8) is 0 Å². The second-order valence-corrected chi connectivity index (χ2v) is 4.85. The first-order valence-electron chi connectivity index (χ1n) is 6.82. The van der Waals surface area contributed by atoms with Crippen molar-refractivity contribution in [3.8, 4) is 0 Å². The van der Waals surface area contributed by atoms with Gasteiger partial charge in [-0.25, -0.2) is 4.79 Å². The maximum absolute atomic E-state index is 11.5. The molecular weight excluding hydrogens is 242 g/mol. The van der Waals surface area contributed by atoms with Crippen molar-refractivity contribution < 1.29 is 14.3 Å². The van der Waals surface area contributed by atoms with E-state index in [0.29, 0.717) is 24.1 Å². The van der Waals surface area contributed by atoms with Crippen LogP contribution in [0.3, 0.4) is 0 Å². The van der Waals surface area contributed by atoms with Crippen molar-refractivity contribution in [1.29, 1.82) is 0 Å². The highest BCUT2D eigenvalue weighted by Crippen LogP contribution is 2.20. The van der Waals surface area contributed by atoms with Crippen LogP contribution in [-0.2, 0) is 9.47 Å². The van der Waals surface area contributed by atoms with Gasteiger partial charge in [-0.05, 0) is 44.5 Å². The maximum atomic E-state index is 11.5. The molecule has 19 heavy (non-hydrogen) atoms. The molecule has 1 N–H and O–H groups in total. The maximum Gasteiger partial charge on any atom is 0.338 e. The number of carbonyl (C=O) groups excluding carboxylic acids is 1. The third-order valence-corrected chi connectivity index (χ3v) is 3.46. The minimum Gasteiger partial charge on any atom is -0.462 e. The molecule has 1 fully saturated rings. The fraction of sp³-hybridized carbons (Fsp3) is 0.533. The van der Waals surface area contributed by atoms with Gasteiger partial charge in [-0.15, -0.1) is 0 Å². The second kappa shape index (κ2) is 6.57. The molecule has 1 aromatic carbocycles. The van der Waals surface area contributed by atoms with Gasteiger partial charge in [-0.2, -0.15) is 0 Å². The molecule has 4 nitrogen and oxygen atoms in total. The molecule has 2 atom stereocenters. The van der Waals surface area contributed by atoms with Gasteiger partial charge >= 0.3 is 5.97 Å². The minimum absolute atomic E-state index is 0.272. The molecule has 0 aromatic heterocycles. The van der Waals surface area contributed by atoms with Crippen LogP contribution in [0.1, 0.15) is 30.6 Å². The van der Waals surface area contributed by atoms with Gasteiger partial charge in [-0.3, -0.25) is 0 Å². The van der Waals surface area contributed by atoms with E-state index in [9.17, 15) is 4.79 Å². The zero-order chi connectivity index (χ0) is 13.7. The third kappa shape index (κ3) is 3.70. The first kappa shape index (κ1) is 13.9. The van der Waals surface area contributed by atoms with Gasteiger partial charge in [0.05, 0.1) is 18.8 Å². The van der Waals surface area contributed by atoms with Crippen LogP contribution in [0.5, 0.6) is 0 Å². The smallest absolute Gasteiger partial charge is 0.338 e. The number of benzene rings is 1. The molecule has 0 bridgehead atoms. The van der Waals surface area contributed by atoms with E-state index < -0.39 is 0 Å². The first-order valence-corrected chi connectivity index (χ1v) is 6.82. The van der Waals surface area contributed by atoms with Crippen LogP contribution < -0.4 is 5.32 Å². The van der Waals surface area contributed by atoms with Gasteiger partial charge in [0.15, 0.2) is 0 Å². The molecule has 0 spiro atoms.